The number of nitrogen functional groups attached to an aromatic ring is 10. The maximum atomic E-state index is 5.94. The van der Waals surface area contributed by atoms with Gasteiger partial charge in [0.05, 0.1) is 257 Å². The predicted molar refractivity (Wildman–Crippen MR) is 468 cm³/mol. The number of quaternary nitrogens is 5. The number of hydrogen-bond acceptors (Lipinski definition) is 18. The van der Waals surface area contributed by atoms with Gasteiger partial charge in [0.2, 0.25) is 0 Å². The molecule has 0 radical (unpaired) electrons. The van der Waals surface area contributed by atoms with Crippen LogP contribution in [0.25, 0.3) is 0 Å². The van der Waals surface area contributed by atoms with Crippen LogP contribution in [0.2, 0.25) is 0 Å². The molecule has 0 aliphatic carbocycles. The number of likely N-dealkylation sites (N-methyl/N-ethyl adjacent to an activating group) is 2. The molecule has 0 aromatic carbocycles. The van der Waals surface area contributed by atoms with Crippen molar-refractivity contribution in [3.63, 3.8) is 0 Å². The quantitative estimate of drug-likeness (QED) is 0.0128. The molecular formula is C87H162N21O2+5. The van der Waals surface area contributed by atoms with Gasteiger partial charge in [0.25, 0.3) is 0 Å². The van der Waals surface area contributed by atoms with Gasteiger partial charge in [0, 0.05) is 39.0 Å². The van der Waals surface area contributed by atoms with Crippen molar-refractivity contribution in [3.8, 4) is 0 Å². The van der Waals surface area contributed by atoms with Crippen LogP contribution < -0.4 is 57.3 Å². The summed E-state index contributed by atoms with van der Waals surface area (Å²) < 4.78 is 17.3. The van der Waals surface area contributed by atoms with Crippen molar-refractivity contribution >= 4 is 56.9 Å². The molecule has 0 spiro atoms. The highest BCUT2D eigenvalue weighted by Crippen LogP contribution is 2.24. The van der Waals surface area contributed by atoms with E-state index < -0.39 is 0 Å². The number of anilines is 10. The van der Waals surface area contributed by atoms with E-state index in [0.29, 0.717) is 34.1 Å². The van der Waals surface area contributed by atoms with E-state index in [-0.39, 0.29) is 0 Å². The number of likely N-dealkylation sites (tertiary alicyclic amines) is 2. The van der Waals surface area contributed by atoms with Crippen molar-refractivity contribution < 1.29 is 31.9 Å². The molecule has 0 saturated carbocycles. The highest BCUT2D eigenvalue weighted by molar-refractivity contribution is 5.55. The number of piperazine rings is 1. The minimum Gasteiger partial charge on any atom is -0.397 e. The second-order valence-corrected chi connectivity index (χ2v) is 34.5. The number of nitrogens with two attached hydrogens (primary N) is 10. The molecule has 4 saturated heterocycles. The van der Waals surface area contributed by atoms with Gasteiger partial charge < -0.3 is 89.2 Å². The average molecular weight is 1530 g/mol. The van der Waals surface area contributed by atoms with Gasteiger partial charge in [0.15, 0.2) is 0 Å². The lowest BCUT2D eigenvalue weighted by Crippen LogP contribution is -2.54. The minimum atomic E-state index is 0.617. The summed E-state index contributed by atoms with van der Waals surface area (Å²) in [5.74, 6) is 0. The molecule has 0 bridgehead atoms. The molecule has 23 nitrogen and oxygen atoms in total. The monoisotopic (exact) mass is 1530 g/mol. The Bertz CT molecular complexity index is 3070. The summed E-state index contributed by atoms with van der Waals surface area (Å²) in [7, 11) is 14.2. The largest absolute Gasteiger partial charge is 0.397 e. The van der Waals surface area contributed by atoms with E-state index in [1.165, 1.54) is 281 Å². The van der Waals surface area contributed by atoms with Gasteiger partial charge in [-0.2, -0.15) is 0 Å². The molecule has 1 atom stereocenters. The summed E-state index contributed by atoms with van der Waals surface area (Å²) in [5, 5.41) is 0. The minimum absolute atomic E-state index is 0.617. The number of ether oxygens (including phenoxy) is 2. The van der Waals surface area contributed by atoms with E-state index in [4.69, 9.17) is 66.8 Å². The number of aromatic nitrogens is 5. The number of nitrogens with zero attached hydrogens (tertiary/aromatic N) is 11. The molecule has 4 fully saturated rings. The van der Waals surface area contributed by atoms with Crippen molar-refractivity contribution in [2.24, 2.45) is 0 Å². The Morgan fingerprint density at radius 3 is 1.04 bits per heavy atom. The molecule has 110 heavy (non-hydrogen) atoms. The van der Waals surface area contributed by atoms with E-state index in [0.717, 1.165) is 142 Å². The lowest BCUT2D eigenvalue weighted by molar-refractivity contribution is -0.917. The summed E-state index contributed by atoms with van der Waals surface area (Å²) in [6.45, 7) is 30.0. The van der Waals surface area contributed by atoms with Gasteiger partial charge >= 0.3 is 0 Å². The average Bonchev–Trinajstić information content (AvgIpc) is 1.08. The molecular weight excluding hydrogens is 1370 g/mol. The molecule has 5 aromatic rings. The number of hydrogen-bond donors (Lipinski definition) is 10. The fraction of sp³-hybridized carbons (Fsp3) is 0.713. The first-order valence-corrected chi connectivity index (χ1v) is 43.3. The van der Waals surface area contributed by atoms with E-state index in [1.807, 2.05) is 6.07 Å². The van der Waals surface area contributed by atoms with E-state index >= 15 is 0 Å². The maximum absolute atomic E-state index is 5.94. The Kier molecular flexibility index (Phi) is 44.4. The first kappa shape index (κ1) is 94.0. The Balaban J connectivity index is 0.000000246. The molecule has 1 unspecified atom stereocenters. The highest BCUT2D eigenvalue weighted by atomic mass is 16.5. The molecule has 9 heterocycles. The second-order valence-electron chi connectivity index (χ2n) is 34.5. The lowest BCUT2D eigenvalue weighted by atomic mass is 10.1. The van der Waals surface area contributed by atoms with Gasteiger partial charge in [-0.3, -0.25) is 29.8 Å². The highest BCUT2D eigenvalue weighted by Gasteiger charge is 2.28. The van der Waals surface area contributed by atoms with Crippen molar-refractivity contribution in [3.05, 3.63) is 89.8 Å². The molecule has 0 amide bonds. The van der Waals surface area contributed by atoms with Crippen molar-refractivity contribution in [2.75, 3.05) is 237 Å². The smallest absolute Gasteiger partial charge is 0.102 e. The lowest BCUT2D eigenvalue weighted by Gasteiger charge is -2.39. The van der Waals surface area contributed by atoms with E-state index in [9.17, 15) is 0 Å². The topological polar surface area (TPSA) is 346 Å². The number of unbranched alkanes of at least 4 members (excludes halogenated alkanes) is 16. The van der Waals surface area contributed by atoms with Crippen molar-refractivity contribution in [1.29, 1.82) is 0 Å². The SMILES string of the molecule is CCC[N+](C)(CC)CCCCCCCc1ncc(N)cc1N.C[N+]1(C)CCN(CCCCCCCc2ncc(N)cc2N)CC1.C[N+]1(CCCCCCCc2ncc(N)cc2N)CCCC1.C[N+]1(CCCCCCCc2ncc(N)cc2N)CCOCC1.C[N+]1(CCCOCCCc2ncc(N)cc2N)CCCCC1. The van der Waals surface area contributed by atoms with Gasteiger partial charge in [0.1, 0.15) is 13.1 Å². The van der Waals surface area contributed by atoms with Crippen molar-refractivity contribution in [1.82, 2.24) is 29.8 Å². The Morgan fingerprint density at radius 1 is 0.364 bits per heavy atom. The summed E-state index contributed by atoms with van der Waals surface area (Å²) in [6, 6.07) is 8.99. The molecule has 4 aliphatic heterocycles. The summed E-state index contributed by atoms with van der Waals surface area (Å²) >= 11 is 0. The molecule has 622 valence electrons. The van der Waals surface area contributed by atoms with Gasteiger partial charge in [-0.15, -0.1) is 0 Å². The third kappa shape index (κ3) is 39.7. The zero-order chi connectivity index (χ0) is 79.9. The Hall–Kier alpha value is -6.57. The van der Waals surface area contributed by atoms with Gasteiger partial charge in [-0.05, 0) is 179 Å². The van der Waals surface area contributed by atoms with Crippen LogP contribution >= 0.6 is 0 Å². The number of morpholine rings is 1. The van der Waals surface area contributed by atoms with Crippen LogP contribution in [0.4, 0.5) is 56.9 Å². The van der Waals surface area contributed by atoms with Crippen LogP contribution in [0.5, 0.6) is 0 Å². The maximum Gasteiger partial charge on any atom is 0.102 e. The van der Waals surface area contributed by atoms with Crippen LogP contribution in [-0.2, 0) is 41.6 Å². The van der Waals surface area contributed by atoms with Gasteiger partial charge in [-0.1, -0.05) is 64.7 Å². The molecule has 5 aromatic heterocycles. The van der Waals surface area contributed by atoms with Crippen molar-refractivity contribution in [2.45, 2.75) is 226 Å². The number of piperidine rings is 1. The fourth-order valence-corrected chi connectivity index (χ4v) is 15.8. The third-order valence-electron chi connectivity index (χ3n) is 23.7. The van der Waals surface area contributed by atoms with Crippen LogP contribution in [0.15, 0.2) is 61.3 Å². The van der Waals surface area contributed by atoms with Gasteiger partial charge in [-0.25, -0.2) is 0 Å². The van der Waals surface area contributed by atoms with E-state index in [2.05, 4.69) is 86.0 Å². The first-order chi connectivity index (χ1) is 52.7. The standard InChI is InChI=1S/C18H34N5.C18H35N4.2C17H31N4O.C17H31N4/c1-23(2)12-10-22(11-13-23)9-7-5-3-4-6-8-18-17(20)14-16(19)15-21-18;1-4-12-22(3,5-2)13-10-8-6-7-9-11-18-17(20)14-16(19)15-21-18;1-21(8-3-2-4-9-21)10-6-12-22-11-5-7-17-16(19)13-15(18)14-20-17;1-21(9-11-22-12-10-21)8-6-4-2-3-5-7-17-16(19)13-15(18)14-20-17;1-21(11-7-8-12-21)10-6-4-2-3-5-9-17-16(19)13-15(18)14-20-17/h14-15H,3-13,19-20H2,1-2H3;14-15H,4-13,19-20H2,1-3H3;2*13-14H,2-12,18-19H2,1H3;13-14H,2-12,18-19H2,1H3/q5*+1. The third-order valence-corrected chi connectivity index (χ3v) is 23.7. The number of aryl methyl sites for hydroxylation is 5. The number of pyridine rings is 5. The normalized spacial score (nSPS) is 16.9. The summed E-state index contributed by atoms with van der Waals surface area (Å²) in [5.41, 5.74) is 69.6. The van der Waals surface area contributed by atoms with Crippen LogP contribution in [0, 0.1) is 0 Å². The zero-order valence-corrected chi connectivity index (χ0v) is 71.0. The Labute approximate surface area is 668 Å². The number of rotatable bonds is 43. The van der Waals surface area contributed by atoms with Crippen LogP contribution in [0.1, 0.15) is 222 Å². The first-order valence-electron chi connectivity index (χ1n) is 43.3. The molecule has 9 rings (SSSR count). The summed E-state index contributed by atoms with van der Waals surface area (Å²) in [6.07, 6.45) is 49.2. The molecule has 23 heteroatoms. The predicted octanol–water partition coefficient (Wildman–Crippen LogP) is 13.2. The van der Waals surface area contributed by atoms with E-state index in [1.54, 1.807) is 55.2 Å². The van der Waals surface area contributed by atoms with Crippen LogP contribution in [-0.4, -0.2) is 232 Å². The molecule has 4 aliphatic rings. The Morgan fingerprint density at radius 2 is 0.673 bits per heavy atom. The van der Waals surface area contributed by atoms with Crippen LogP contribution in [0.3, 0.4) is 0 Å². The molecule has 20 N–H and O–H groups in total. The zero-order valence-electron chi connectivity index (χ0n) is 71.0. The second kappa shape index (κ2) is 51.9. The summed E-state index contributed by atoms with van der Waals surface area (Å²) in [4.78, 5) is 24.2. The fourth-order valence-electron chi connectivity index (χ4n) is 15.8.